The van der Waals surface area contributed by atoms with Crippen molar-refractivity contribution in [1.29, 1.82) is 0 Å². The predicted octanol–water partition coefficient (Wildman–Crippen LogP) is 0.908. The molecule has 1 spiro atoms. The maximum Gasteiger partial charge on any atom is 0.190 e. The second kappa shape index (κ2) is 7.31. The lowest BCUT2D eigenvalue weighted by Gasteiger charge is -2.35. The van der Waals surface area contributed by atoms with Gasteiger partial charge in [-0.2, -0.15) is 0 Å². The molecule has 1 saturated carbocycles. The molecule has 1 aliphatic carbocycles. The van der Waals surface area contributed by atoms with E-state index in [1.807, 2.05) is 6.92 Å². The lowest BCUT2D eigenvalue weighted by Crippen LogP contribution is -2.46. The van der Waals surface area contributed by atoms with Crippen molar-refractivity contribution in [2.24, 2.45) is 0 Å². The Morgan fingerprint density at radius 2 is 1.96 bits per heavy atom. The van der Waals surface area contributed by atoms with Crippen LogP contribution >= 0.6 is 0 Å². The van der Waals surface area contributed by atoms with Crippen LogP contribution in [0.3, 0.4) is 0 Å². The molecule has 134 valence electrons. The van der Waals surface area contributed by atoms with Crippen LogP contribution in [0.4, 0.5) is 0 Å². The number of aliphatic hydroxyl groups is 2. The first-order chi connectivity index (χ1) is 11.1. The highest BCUT2D eigenvalue weighted by Gasteiger charge is 2.59. The summed E-state index contributed by atoms with van der Waals surface area (Å²) < 4.78 is 29.4. The second-order valence-corrected chi connectivity index (χ2v) is 6.51. The Labute approximate surface area is 136 Å². The van der Waals surface area contributed by atoms with Gasteiger partial charge in [0.05, 0.1) is 6.61 Å². The summed E-state index contributed by atoms with van der Waals surface area (Å²) in [5, 5.41) is 19.3. The summed E-state index contributed by atoms with van der Waals surface area (Å²) in [6.07, 6.45) is 1.32. The average molecular weight is 332 g/mol. The summed E-state index contributed by atoms with van der Waals surface area (Å²) >= 11 is 0. The summed E-state index contributed by atoms with van der Waals surface area (Å²) in [4.78, 5) is 0. The van der Waals surface area contributed by atoms with E-state index >= 15 is 0 Å². The zero-order chi connectivity index (χ0) is 16.4. The largest absolute Gasteiger partial charge is 0.394 e. The molecule has 2 N–H and O–H groups in total. The molecule has 0 radical (unpaired) electrons. The summed E-state index contributed by atoms with van der Waals surface area (Å²) in [6.45, 7) is 3.81. The molecule has 2 heterocycles. The third kappa shape index (κ3) is 3.56. The fourth-order valence-corrected chi connectivity index (χ4v) is 3.75. The Balaban J connectivity index is 1.71. The van der Waals surface area contributed by atoms with Crippen molar-refractivity contribution in [3.63, 3.8) is 0 Å². The number of fused-ring (bicyclic) bond motifs is 1. The van der Waals surface area contributed by atoms with Crippen LogP contribution < -0.4 is 0 Å². The first-order valence-corrected chi connectivity index (χ1v) is 8.65. The van der Waals surface area contributed by atoms with Gasteiger partial charge in [-0.3, -0.25) is 0 Å². The van der Waals surface area contributed by atoms with Gasteiger partial charge >= 0.3 is 0 Å². The van der Waals surface area contributed by atoms with Gasteiger partial charge in [0, 0.05) is 19.4 Å². The zero-order valence-corrected chi connectivity index (χ0v) is 13.8. The van der Waals surface area contributed by atoms with Gasteiger partial charge in [0.15, 0.2) is 18.4 Å². The normalized spacial score (nSPS) is 38.6. The highest BCUT2D eigenvalue weighted by atomic mass is 16.8. The molecule has 7 heteroatoms. The molecule has 6 atom stereocenters. The van der Waals surface area contributed by atoms with E-state index in [1.165, 1.54) is 6.42 Å². The first kappa shape index (κ1) is 17.5. The van der Waals surface area contributed by atoms with Crippen LogP contribution in [0.2, 0.25) is 0 Å². The van der Waals surface area contributed by atoms with Crippen LogP contribution in [-0.4, -0.2) is 66.2 Å². The summed E-state index contributed by atoms with van der Waals surface area (Å²) in [5.41, 5.74) is 0. The van der Waals surface area contributed by atoms with Crippen LogP contribution in [0.1, 0.15) is 46.0 Å². The Hall–Kier alpha value is -0.280. The van der Waals surface area contributed by atoms with Crippen molar-refractivity contribution in [3.8, 4) is 0 Å². The molecule has 3 rings (SSSR count). The number of aliphatic hydroxyl groups excluding tert-OH is 2. The van der Waals surface area contributed by atoms with Crippen LogP contribution in [0, 0.1) is 0 Å². The minimum atomic E-state index is -1.05. The maximum absolute atomic E-state index is 10.0. The van der Waals surface area contributed by atoms with E-state index in [9.17, 15) is 10.2 Å². The Morgan fingerprint density at radius 3 is 2.61 bits per heavy atom. The van der Waals surface area contributed by atoms with Crippen molar-refractivity contribution in [3.05, 3.63) is 0 Å². The van der Waals surface area contributed by atoms with Gasteiger partial charge in [0.25, 0.3) is 0 Å². The summed E-state index contributed by atoms with van der Waals surface area (Å²) in [5.74, 6) is -0.584. The molecule has 0 aromatic heterocycles. The Morgan fingerprint density at radius 1 is 1.22 bits per heavy atom. The van der Waals surface area contributed by atoms with Gasteiger partial charge in [-0.1, -0.05) is 6.42 Å². The van der Waals surface area contributed by atoms with Crippen molar-refractivity contribution in [2.45, 2.75) is 88.7 Å². The molecule has 3 fully saturated rings. The quantitative estimate of drug-likeness (QED) is 0.699. The van der Waals surface area contributed by atoms with Crippen molar-refractivity contribution in [2.75, 3.05) is 13.2 Å². The number of ether oxygens (including phenoxy) is 5. The highest BCUT2D eigenvalue weighted by molar-refractivity contribution is 4.99. The average Bonchev–Trinajstić information content (AvgIpc) is 3.03. The van der Waals surface area contributed by atoms with Crippen molar-refractivity contribution in [1.82, 2.24) is 0 Å². The Bertz CT molecular complexity index is 385. The highest BCUT2D eigenvalue weighted by Crippen LogP contribution is 2.46. The second-order valence-electron chi connectivity index (χ2n) is 6.51. The molecule has 2 saturated heterocycles. The Kier molecular flexibility index (Phi) is 5.57. The topological polar surface area (TPSA) is 86.6 Å². The minimum Gasteiger partial charge on any atom is -0.394 e. The van der Waals surface area contributed by atoms with Crippen molar-refractivity contribution >= 4 is 0 Å². The summed E-state index contributed by atoms with van der Waals surface area (Å²) in [7, 11) is 0. The van der Waals surface area contributed by atoms with Gasteiger partial charge in [0.1, 0.15) is 24.4 Å². The monoisotopic (exact) mass is 332 g/mol. The smallest absolute Gasteiger partial charge is 0.190 e. The molecule has 0 bridgehead atoms. The molecule has 1 unspecified atom stereocenters. The number of hydrogen-bond acceptors (Lipinski definition) is 7. The van der Waals surface area contributed by atoms with Crippen LogP contribution in [0.25, 0.3) is 0 Å². The standard InChI is InChI=1S/C16H28O7/c1-3-19-10(2)20-13-12(11(18)9-17)21-15-14(13)22-16(23-15)7-5-4-6-8-16/h10-15,17-18H,3-9H2,1-2H3/t10?,11-,12+,13-,14+,15+/m0/s1. The van der Waals surface area contributed by atoms with Gasteiger partial charge in [-0.05, 0) is 26.7 Å². The van der Waals surface area contributed by atoms with E-state index in [4.69, 9.17) is 23.7 Å². The van der Waals surface area contributed by atoms with Crippen molar-refractivity contribution < 1.29 is 33.9 Å². The van der Waals surface area contributed by atoms with E-state index in [1.54, 1.807) is 6.92 Å². The molecule has 0 aromatic carbocycles. The van der Waals surface area contributed by atoms with Gasteiger partial charge in [-0.15, -0.1) is 0 Å². The third-order valence-corrected chi connectivity index (χ3v) is 4.82. The summed E-state index contributed by atoms with van der Waals surface area (Å²) in [6, 6.07) is 0. The lowest BCUT2D eigenvalue weighted by molar-refractivity contribution is -0.269. The van der Waals surface area contributed by atoms with Crippen LogP contribution in [0.15, 0.2) is 0 Å². The van der Waals surface area contributed by atoms with E-state index in [2.05, 4.69) is 0 Å². The van der Waals surface area contributed by atoms with Gasteiger partial charge in [0.2, 0.25) is 0 Å². The zero-order valence-electron chi connectivity index (χ0n) is 13.8. The molecule has 7 nitrogen and oxygen atoms in total. The van der Waals surface area contributed by atoms with Gasteiger partial charge < -0.3 is 33.9 Å². The minimum absolute atomic E-state index is 0.405. The molecule has 2 aliphatic heterocycles. The third-order valence-electron chi connectivity index (χ3n) is 4.82. The molecule has 0 amide bonds. The molecular weight excluding hydrogens is 304 g/mol. The van der Waals surface area contributed by atoms with E-state index in [-0.39, 0.29) is 0 Å². The number of rotatable bonds is 6. The van der Waals surface area contributed by atoms with Crippen LogP contribution in [-0.2, 0) is 23.7 Å². The fraction of sp³-hybridized carbons (Fsp3) is 1.00. The first-order valence-electron chi connectivity index (χ1n) is 8.65. The van der Waals surface area contributed by atoms with Crippen LogP contribution in [0.5, 0.6) is 0 Å². The SMILES string of the molecule is CCOC(C)O[C@@H]1[C@H]2OC3(CCCCC3)O[C@H]2O[C@@H]1[C@@H](O)CO. The fourth-order valence-electron chi connectivity index (χ4n) is 3.75. The van der Waals surface area contributed by atoms with E-state index in [0.717, 1.165) is 25.7 Å². The lowest BCUT2D eigenvalue weighted by atomic mass is 9.94. The molecular formula is C16H28O7. The van der Waals surface area contributed by atoms with E-state index in [0.29, 0.717) is 6.61 Å². The maximum atomic E-state index is 10.0. The predicted molar refractivity (Wildman–Crippen MR) is 79.5 cm³/mol. The van der Waals surface area contributed by atoms with Gasteiger partial charge in [-0.25, -0.2) is 0 Å². The molecule has 0 aromatic rings. The van der Waals surface area contributed by atoms with E-state index < -0.39 is 49.4 Å². The number of hydrogen-bond donors (Lipinski definition) is 2. The molecule has 3 aliphatic rings. The molecule has 23 heavy (non-hydrogen) atoms.